The van der Waals surface area contributed by atoms with Crippen LogP contribution in [0.1, 0.15) is 11.1 Å². The predicted molar refractivity (Wildman–Crippen MR) is 86.6 cm³/mol. The van der Waals surface area contributed by atoms with Gasteiger partial charge in [0.1, 0.15) is 17.2 Å². The fourth-order valence-electron chi connectivity index (χ4n) is 2.38. The van der Waals surface area contributed by atoms with Crippen molar-refractivity contribution >= 4 is 31.9 Å². The number of phenols is 2. The molecule has 2 rings (SSSR count). The standard InChI is InChI=1S/C15H14Br2O3/c1-7-4-11(18)13(8(2)15(7)20-3)14-10(17)5-9(16)6-12(14)19/h4-6,18-19H,1-3H3. The van der Waals surface area contributed by atoms with Crippen molar-refractivity contribution in [3.8, 4) is 28.4 Å². The van der Waals surface area contributed by atoms with Crippen LogP contribution in [-0.2, 0) is 0 Å². The van der Waals surface area contributed by atoms with E-state index in [1.54, 1.807) is 19.2 Å². The van der Waals surface area contributed by atoms with Crippen molar-refractivity contribution in [1.29, 1.82) is 0 Å². The highest BCUT2D eigenvalue weighted by molar-refractivity contribution is 9.11. The van der Waals surface area contributed by atoms with Gasteiger partial charge in [0.15, 0.2) is 0 Å². The highest BCUT2D eigenvalue weighted by Gasteiger charge is 2.20. The highest BCUT2D eigenvalue weighted by Crippen LogP contribution is 2.47. The van der Waals surface area contributed by atoms with Crippen LogP contribution >= 0.6 is 31.9 Å². The molecular weight excluding hydrogens is 388 g/mol. The van der Waals surface area contributed by atoms with Gasteiger partial charge < -0.3 is 14.9 Å². The van der Waals surface area contributed by atoms with E-state index >= 15 is 0 Å². The van der Waals surface area contributed by atoms with Crippen LogP contribution in [0.25, 0.3) is 11.1 Å². The van der Waals surface area contributed by atoms with E-state index in [1.807, 2.05) is 19.9 Å². The van der Waals surface area contributed by atoms with Crippen LogP contribution in [0.15, 0.2) is 27.1 Å². The van der Waals surface area contributed by atoms with E-state index in [4.69, 9.17) is 4.74 Å². The molecule has 0 amide bonds. The van der Waals surface area contributed by atoms with Crippen LogP contribution in [0.4, 0.5) is 0 Å². The molecule has 2 aromatic rings. The maximum atomic E-state index is 10.3. The maximum Gasteiger partial charge on any atom is 0.125 e. The molecule has 0 saturated heterocycles. The van der Waals surface area contributed by atoms with Gasteiger partial charge in [-0.1, -0.05) is 15.9 Å². The Bertz CT molecular complexity index is 658. The summed E-state index contributed by atoms with van der Waals surface area (Å²) in [5, 5.41) is 20.5. The molecule has 0 aliphatic heterocycles. The third kappa shape index (κ3) is 2.52. The zero-order valence-corrected chi connectivity index (χ0v) is 14.5. The Hall–Kier alpha value is -1.20. The third-order valence-electron chi connectivity index (χ3n) is 3.17. The Morgan fingerprint density at radius 2 is 1.55 bits per heavy atom. The van der Waals surface area contributed by atoms with E-state index in [2.05, 4.69) is 31.9 Å². The summed E-state index contributed by atoms with van der Waals surface area (Å²) in [5.74, 6) is 0.890. The average Bonchev–Trinajstić information content (AvgIpc) is 2.32. The van der Waals surface area contributed by atoms with Crippen molar-refractivity contribution in [1.82, 2.24) is 0 Å². The van der Waals surface area contributed by atoms with Gasteiger partial charge in [-0.15, -0.1) is 0 Å². The van der Waals surface area contributed by atoms with Crippen LogP contribution in [0.2, 0.25) is 0 Å². The molecule has 0 spiro atoms. The van der Waals surface area contributed by atoms with Crippen molar-refractivity contribution in [3.05, 3.63) is 38.3 Å². The lowest BCUT2D eigenvalue weighted by Gasteiger charge is -2.17. The van der Waals surface area contributed by atoms with Crippen LogP contribution in [0.3, 0.4) is 0 Å². The van der Waals surface area contributed by atoms with Gasteiger partial charge >= 0.3 is 0 Å². The Labute approximate surface area is 134 Å². The molecule has 0 unspecified atom stereocenters. The summed E-state index contributed by atoms with van der Waals surface area (Å²) in [6, 6.07) is 5.04. The largest absolute Gasteiger partial charge is 0.507 e. The van der Waals surface area contributed by atoms with Crippen molar-refractivity contribution < 1.29 is 14.9 Å². The van der Waals surface area contributed by atoms with Gasteiger partial charge in [-0.05, 0) is 53.5 Å². The summed E-state index contributed by atoms with van der Waals surface area (Å²) >= 11 is 6.75. The molecule has 0 saturated carbocycles. The molecule has 0 fully saturated rings. The lowest BCUT2D eigenvalue weighted by atomic mass is 9.95. The van der Waals surface area contributed by atoms with Gasteiger partial charge in [-0.25, -0.2) is 0 Å². The molecule has 2 N–H and O–H groups in total. The lowest BCUT2D eigenvalue weighted by Crippen LogP contribution is -1.95. The number of aryl methyl sites for hydroxylation is 1. The monoisotopic (exact) mass is 400 g/mol. The number of hydrogen-bond donors (Lipinski definition) is 2. The van der Waals surface area contributed by atoms with Gasteiger partial charge in [0.25, 0.3) is 0 Å². The van der Waals surface area contributed by atoms with Gasteiger partial charge in [0.05, 0.1) is 7.11 Å². The minimum absolute atomic E-state index is 0.0792. The summed E-state index contributed by atoms with van der Waals surface area (Å²) < 4.78 is 6.82. The quantitative estimate of drug-likeness (QED) is 0.751. The molecule has 0 aliphatic rings. The highest BCUT2D eigenvalue weighted by atomic mass is 79.9. The van der Waals surface area contributed by atoms with E-state index in [-0.39, 0.29) is 11.5 Å². The maximum absolute atomic E-state index is 10.3. The van der Waals surface area contributed by atoms with Gasteiger partial charge in [0.2, 0.25) is 0 Å². The second kappa shape index (κ2) is 5.66. The van der Waals surface area contributed by atoms with Crippen molar-refractivity contribution in [2.24, 2.45) is 0 Å². The SMILES string of the molecule is COc1c(C)cc(O)c(-c2c(O)cc(Br)cc2Br)c1C. The van der Waals surface area contributed by atoms with Crippen LogP contribution < -0.4 is 4.74 Å². The second-order valence-electron chi connectivity index (χ2n) is 4.53. The number of methoxy groups -OCH3 is 1. The van der Waals surface area contributed by atoms with Gasteiger partial charge in [-0.3, -0.25) is 0 Å². The number of benzene rings is 2. The summed E-state index contributed by atoms with van der Waals surface area (Å²) in [5.41, 5.74) is 2.73. The first kappa shape index (κ1) is 15.2. The van der Waals surface area contributed by atoms with Gasteiger partial charge in [0, 0.05) is 25.6 Å². The summed E-state index contributed by atoms with van der Waals surface area (Å²) in [7, 11) is 1.59. The first-order chi connectivity index (χ1) is 9.36. The number of phenolic OH excluding ortho intramolecular Hbond substituents is 2. The third-order valence-corrected chi connectivity index (χ3v) is 4.25. The first-order valence-corrected chi connectivity index (χ1v) is 7.51. The van der Waals surface area contributed by atoms with E-state index in [0.717, 1.165) is 15.6 Å². The average molecular weight is 402 g/mol. The lowest BCUT2D eigenvalue weighted by molar-refractivity contribution is 0.406. The molecule has 0 bridgehead atoms. The predicted octanol–water partition coefficient (Wildman–Crippen LogP) is 4.92. The van der Waals surface area contributed by atoms with Gasteiger partial charge in [-0.2, -0.15) is 0 Å². The zero-order valence-electron chi connectivity index (χ0n) is 11.3. The molecule has 0 atom stereocenters. The minimum Gasteiger partial charge on any atom is -0.507 e. The fraction of sp³-hybridized carbons (Fsp3) is 0.200. The molecule has 5 heteroatoms. The molecule has 0 radical (unpaired) electrons. The Morgan fingerprint density at radius 1 is 0.950 bits per heavy atom. The Balaban J connectivity index is 2.83. The molecule has 20 heavy (non-hydrogen) atoms. The number of halogens is 2. The van der Waals surface area contributed by atoms with E-state index in [0.29, 0.717) is 21.3 Å². The van der Waals surface area contributed by atoms with Crippen LogP contribution in [0.5, 0.6) is 17.2 Å². The number of rotatable bonds is 2. The molecule has 0 heterocycles. The zero-order chi connectivity index (χ0) is 15.0. The number of ether oxygens (including phenoxy) is 1. The molecular formula is C15H14Br2O3. The van der Waals surface area contributed by atoms with Crippen molar-refractivity contribution in [2.45, 2.75) is 13.8 Å². The van der Waals surface area contributed by atoms with E-state index in [1.165, 1.54) is 0 Å². The molecule has 0 aromatic heterocycles. The molecule has 3 nitrogen and oxygen atoms in total. The summed E-state index contributed by atoms with van der Waals surface area (Å²) in [6.07, 6.45) is 0. The van der Waals surface area contributed by atoms with Crippen molar-refractivity contribution in [2.75, 3.05) is 7.11 Å². The first-order valence-electron chi connectivity index (χ1n) is 5.92. The smallest absolute Gasteiger partial charge is 0.125 e. The van der Waals surface area contributed by atoms with Crippen molar-refractivity contribution in [3.63, 3.8) is 0 Å². The minimum atomic E-state index is 0.0792. The number of aromatic hydroxyl groups is 2. The normalized spacial score (nSPS) is 10.7. The second-order valence-corrected chi connectivity index (χ2v) is 6.30. The topological polar surface area (TPSA) is 49.7 Å². The Kier molecular flexibility index (Phi) is 4.30. The fourth-order valence-corrected chi connectivity index (χ4v) is 3.78. The summed E-state index contributed by atoms with van der Waals surface area (Å²) in [6.45, 7) is 3.72. The van der Waals surface area contributed by atoms with E-state index in [9.17, 15) is 10.2 Å². The number of hydrogen-bond acceptors (Lipinski definition) is 3. The Morgan fingerprint density at radius 3 is 2.10 bits per heavy atom. The summed E-state index contributed by atoms with van der Waals surface area (Å²) in [4.78, 5) is 0. The van der Waals surface area contributed by atoms with Crippen LogP contribution in [-0.4, -0.2) is 17.3 Å². The van der Waals surface area contributed by atoms with Crippen LogP contribution in [0, 0.1) is 13.8 Å². The molecule has 0 aliphatic carbocycles. The molecule has 2 aromatic carbocycles. The van der Waals surface area contributed by atoms with E-state index < -0.39 is 0 Å². The molecule has 106 valence electrons.